The van der Waals surface area contributed by atoms with Crippen LogP contribution in [0.1, 0.15) is 35.2 Å². The molecular formula is C16H21N3O. The van der Waals surface area contributed by atoms with Crippen molar-refractivity contribution in [2.45, 2.75) is 26.8 Å². The highest BCUT2D eigenvalue weighted by atomic mass is 16.5. The summed E-state index contributed by atoms with van der Waals surface area (Å²) in [7, 11) is 0. The van der Waals surface area contributed by atoms with Crippen molar-refractivity contribution in [3.63, 3.8) is 0 Å². The normalized spacial score (nSPS) is 12.2. The van der Waals surface area contributed by atoms with Crippen LogP contribution >= 0.6 is 0 Å². The van der Waals surface area contributed by atoms with Gasteiger partial charge in [-0.05, 0) is 49.1 Å². The molecular weight excluding hydrogens is 250 g/mol. The molecule has 1 atom stereocenters. The van der Waals surface area contributed by atoms with Crippen LogP contribution in [-0.4, -0.2) is 11.6 Å². The number of nitrogens with two attached hydrogens (primary N) is 1. The molecule has 3 N–H and O–H groups in total. The Morgan fingerprint density at radius 2 is 1.95 bits per heavy atom. The minimum Gasteiger partial charge on any atom is -0.492 e. The molecule has 106 valence electrons. The molecule has 0 saturated carbocycles. The van der Waals surface area contributed by atoms with Crippen LogP contribution in [0.2, 0.25) is 0 Å². The molecule has 0 spiro atoms. The van der Waals surface area contributed by atoms with Gasteiger partial charge in [-0.3, -0.25) is 10.8 Å². The molecule has 2 rings (SSSR count). The summed E-state index contributed by atoms with van der Waals surface area (Å²) < 4.78 is 5.51. The van der Waals surface area contributed by atoms with E-state index >= 15 is 0 Å². The molecule has 0 radical (unpaired) electrons. The van der Waals surface area contributed by atoms with Gasteiger partial charge in [0.2, 0.25) is 0 Å². The summed E-state index contributed by atoms with van der Waals surface area (Å²) in [6, 6.07) is 8.12. The van der Waals surface area contributed by atoms with Gasteiger partial charge in [-0.1, -0.05) is 18.2 Å². The molecule has 0 fully saturated rings. The molecule has 0 saturated heterocycles. The minimum atomic E-state index is -0.0934. The summed E-state index contributed by atoms with van der Waals surface area (Å²) in [5.74, 6) is 6.54. The molecule has 20 heavy (non-hydrogen) atoms. The zero-order valence-corrected chi connectivity index (χ0v) is 12.2. The maximum absolute atomic E-state index is 5.78. The SMILES string of the molecule is CCOc1cncc(C(NN)c2c(C)cccc2C)c1. The quantitative estimate of drug-likeness (QED) is 0.648. The fraction of sp³-hybridized carbons (Fsp3) is 0.312. The monoisotopic (exact) mass is 271 g/mol. The lowest BCUT2D eigenvalue weighted by molar-refractivity contribution is 0.338. The van der Waals surface area contributed by atoms with Gasteiger partial charge in [0.05, 0.1) is 18.8 Å². The molecule has 1 aromatic heterocycles. The third-order valence-electron chi connectivity index (χ3n) is 3.38. The molecule has 4 nitrogen and oxygen atoms in total. The van der Waals surface area contributed by atoms with Crippen LogP contribution in [0, 0.1) is 13.8 Å². The zero-order chi connectivity index (χ0) is 14.5. The fourth-order valence-electron chi connectivity index (χ4n) is 2.47. The molecule has 2 aromatic rings. The molecule has 4 heteroatoms. The first kappa shape index (κ1) is 14.5. The van der Waals surface area contributed by atoms with Crippen LogP contribution in [0.3, 0.4) is 0 Å². The molecule has 1 aromatic carbocycles. The smallest absolute Gasteiger partial charge is 0.137 e. The number of pyridine rings is 1. The number of nitrogens with zero attached hydrogens (tertiary/aromatic N) is 1. The largest absolute Gasteiger partial charge is 0.492 e. The van der Waals surface area contributed by atoms with Gasteiger partial charge in [-0.2, -0.15) is 0 Å². The summed E-state index contributed by atoms with van der Waals surface area (Å²) in [6.45, 7) is 6.76. The predicted molar refractivity (Wildman–Crippen MR) is 80.5 cm³/mol. The molecule has 1 heterocycles. The number of aryl methyl sites for hydroxylation is 2. The molecule has 0 bridgehead atoms. The topological polar surface area (TPSA) is 60.2 Å². The summed E-state index contributed by atoms with van der Waals surface area (Å²) in [5.41, 5.74) is 7.48. The first-order valence-corrected chi connectivity index (χ1v) is 6.77. The summed E-state index contributed by atoms with van der Waals surface area (Å²) in [6.07, 6.45) is 3.53. The van der Waals surface area contributed by atoms with Crippen molar-refractivity contribution in [1.29, 1.82) is 0 Å². The Morgan fingerprint density at radius 3 is 2.55 bits per heavy atom. The number of aromatic nitrogens is 1. The summed E-state index contributed by atoms with van der Waals surface area (Å²) in [4.78, 5) is 4.24. The van der Waals surface area contributed by atoms with Crippen molar-refractivity contribution in [2.75, 3.05) is 6.61 Å². The van der Waals surface area contributed by atoms with E-state index in [0.29, 0.717) is 6.61 Å². The highest BCUT2D eigenvalue weighted by Crippen LogP contribution is 2.28. The van der Waals surface area contributed by atoms with Gasteiger partial charge in [0.25, 0.3) is 0 Å². The summed E-state index contributed by atoms with van der Waals surface area (Å²) in [5, 5.41) is 0. The molecule has 0 aliphatic heterocycles. The second-order valence-corrected chi connectivity index (χ2v) is 4.79. The van der Waals surface area contributed by atoms with Crippen LogP contribution in [-0.2, 0) is 0 Å². The number of ether oxygens (including phenoxy) is 1. The van der Waals surface area contributed by atoms with E-state index in [4.69, 9.17) is 10.6 Å². The number of hydrogen-bond donors (Lipinski definition) is 2. The molecule has 0 aliphatic carbocycles. The third kappa shape index (κ3) is 2.98. The van der Waals surface area contributed by atoms with Crippen LogP contribution < -0.4 is 16.0 Å². The van der Waals surface area contributed by atoms with Gasteiger partial charge in [-0.15, -0.1) is 0 Å². The minimum absolute atomic E-state index is 0.0934. The van der Waals surface area contributed by atoms with Crippen LogP contribution in [0.5, 0.6) is 5.75 Å². The van der Waals surface area contributed by atoms with E-state index in [1.807, 2.05) is 19.2 Å². The number of benzene rings is 1. The van der Waals surface area contributed by atoms with E-state index in [-0.39, 0.29) is 6.04 Å². The predicted octanol–water partition coefficient (Wildman–Crippen LogP) is 2.65. The maximum atomic E-state index is 5.78. The van der Waals surface area contributed by atoms with Crippen LogP contribution in [0.15, 0.2) is 36.7 Å². The first-order chi connectivity index (χ1) is 9.67. The molecule has 1 unspecified atom stereocenters. The highest BCUT2D eigenvalue weighted by Gasteiger charge is 2.17. The van der Waals surface area contributed by atoms with Crippen molar-refractivity contribution in [3.05, 3.63) is 58.9 Å². The van der Waals surface area contributed by atoms with E-state index in [1.165, 1.54) is 16.7 Å². The number of nitrogens with one attached hydrogen (secondary N) is 1. The summed E-state index contributed by atoms with van der Waals surface area (Å²) >= 11 is 0. The lowest BCUT2D eigenvalue weighted by atomic mass is 9.92. The Labute approximate surface area is 120 Å². The Kier molecular flexibility index (Phi) is 4.71. The molecule has 0 amide bonds. The van der Waals surface area contributed by atoms with Gasteiger partial charge in [-0.25, -0.2) is 5.43 Å². The van der Waals surface area contributed by atoms with Gasteiger partial charge in [0.15, 0.2) is 0 Å². The van der Waals surface area contributed by atoms with Crippen molar-refractivity contribution < 1.29 is 4.74 Å². The number of hydrazine groups is 1. The Bertz CT molecular complexity index is 563. The first-order valence-electron chi connectivity index (χ1n) is 6.77. The molecule has 0 aliphatic rings. The average Bonchev–Trinajstić information content (AvgIpc) is 2.44. The lowest BCUT2D eigenvalue weighted by Crippen LogP contribution is -2.30. The second-order valence-electron chi connectivity index (χ2n) is 4.79. The van der Waals surface area contributed by atoms with Gasteiger partial charge in [0, 0.05) is 6.20 Å². The van der Waals surface area contributed by atoms with Crippen LogP contribution in [0.25, 0.3) is 0 Å². The third-order valence-corrected chi connectivity index (χ3v) is 3.38. The van der Waals surface area contributed by atoms with Gasteiger partial charge >= 0.3 is 0 Å². The average molecular weight is 271 g/mol. The number of hydrogen-bond acceptors (Lipinski definition) is 4. The second kappa shape index (κ2) is 6.50. The Morgan fingerprint density at radius 1 is 1.25 bits per heavy atom. The Hall–Kier alpha value is -1.91. The standard InChI is InChI=1S/C16H21N3O/c1-4-20-14-8-13(9-18-10-14)16(19-17)15-11(2)6-5-7-12(15)3/h5-10,16,19H,4,17H2,1-3H3. The number of rotatable bonds is 5. The van der Waals surface area contributed by atoms with Crippen molar-refractivity contribution in [2.24, 2.45) is 5.84 Å². The maximum Gasteiger partial charge on any atom is 0.137 e. The van der Waals surface area contributed by atoms with E-state index in [2.05, 4.69) is 42.5 Å². The van der Waals surface area contributed by atoms with Gasteiger partial charge in [0.1, 0.15) is 5.75 Å². The van der Waals surface area contributed by atoms with Crippen molar-refractivity contribution in [1.82, 2.24) is 10.4 Å². The lowest BCUT2D eigenvalue weighted by Gasteiger charge is -2.21. The van der Waals surface area contributed by atoms with E-state index in [0.717, 1.165) is 11.3 Å². The van der Waals surface area contributed by atoms with Gasteiger partial charge < -0.3 is 4.74 Å². The fourth-order valence-corrected chi connectivity index (χ4v) is 2.47. The van der Waals surface area contributed by atoms with Crippen LogP contribution in [0.4, 0.5) is 0 Å². The van der Waals surface area contributed by atoms with E-state index < -0.39 is 0 Å². The van der Waals surface area contributed by atoms with E-state index in [1.54, 1.807) is 6.20 Å². The zero-order valence-electron chi connectivity index (χ0n) is 12.2. The highest BCUT2D eigenvalue weighted by molar-refractivity contribution is 5.42. The Balaban J connectivity index is 2.44. The van der Waals surface area contributed by atoms with E-state index in [9.17, 15) is 0 Å². The van der Waals surface area contributed by atoms with Crippen molar-refractivity contribution >= 4 is 0 Å². The van der Waals surface area contributed by atoms with Crippen molar-refractivity contribution in [3.8, 4) is 5.75 Å².